The molecule has 7 nitrogen and oxygen atoms in total. The maximum atomic E-state index is 15.1. The van der Waals surface area contributed by atoms with Crippen molar-refractivity contribution in [1.82, 2.24) is 9.43 Å². The van der Waals surface area contributed by atoms with Crippen molar-refractivity contribution in [2.24, 2.45) is 4.99 Å². The number of rotatable bonds is 6. The topological polar surface area (TPSA) is 71.4 Å². The molecule has 0 N–H and O–H groups in total. The fourth-order valence-corrected chi connectivity index (χ4v) is 4.74. The van der Waals surface area contributed by atoms with Crippen LogP contribution in [0.5, 0.6) is 0 Å². The Bertz CT molecular complexity index is 1060. The number of carbonyl (C=O) groups excluding carboxylic acids is 1. The predicted octanol–water partition coefficient (Wildman–Crippen LogP) is 4.71. The third kappa shape index (κ3) is 6.18. The van der Waals surface area contributed by atoms with E-state index in [4.69, 9.17) is 9.47 Å². The first-order valence-electron chi connectivity index (χ1n) is 10.8. The zero-order valence-corrected chi connectivity index (χ0v) is 20.5. The van der Waals surface area contributed by atoms with E-state index in [2.05, 4.69) is 4.99 Å². The molecular weight excluding hydrogens is 464 g/mol. The lowest BCUT2D eigenvalue weighted by atomic mass is 9.88. The summed E-state index contributed by atoms with van der Waals surface area (Å²) >= 11 is 0. The Morgan fingerprint density at radius 1 is 1.18 bits per heavy atom. The highest BCUT2D eigenvalue weighted by Crippen LogP contribution is 2.37. The molecule has 2 aromatic carbocycles. The molecule has 0 saturated heterocycles. The third-order valence-electron chi connectivity index (χ3n) is 5.14. The summed E-state index contributed by atoms with van der Waals surface area (Å²) in [4.78, 5) is 16.8. The molecule has 1 heterocycles. The van der Waals surface area contributed by atoms with Gasteiger partial charge in [-0.25, -0.2) is 18.4 Å². The number of hydrogen-bond acceptors (Lipinski definition) is 5. The summed E-state index contributed by atoms with van der Waals surface area (Å²) in [5, 5.41) is -0.289. The van der Waals surface area contributed by atoms with E-state index >= 15 is 4.48 Å². The van der Waals surface area contributed by atoms with E-state index in [1.165, 1.54) is 25.2 Å². The predicted molar refractivity (Wildman–Crippen MR) is 126 cm³/mol. The van der Waals surface area contributed by atoms with E-state index < -0.39 is 40.0 Å². The zero-order valence-electron chi connectivity index (χ0n) is 19.7. The van der Waals surface area contributed by atoms with Gasteiger partial charge < -0.3 is 9.47 Å². The van der Waals surface area contributed by atoms with Crippen LogP contribution >= 0.6 is 0 Å². The summed E-state index contributed by atoms with van der Waals surface area (Å²) in [5.74, 6) is -1.20. The third-order valence-corrected chi connectivity index (χ3v) is 6.64. The van der Waals surface area contributed by atoms with Crippen LogP contribution in [0.15, 0.2) is 59.6 Å². The van der Waals surface area contributed by atoms with Crippen molar-refractivity contribution in [3.63, 3.8) is 0 Å². The largest absolute Gasteiger partial charge is 0.446 e. The molecule has 2 unspecified atom stereocenters. The Morgan fingerprint density at radius 3 is 2.47 bits per heavy atom. The highest BCUT2D eigenvalue weighted by atomic mass is 32.2. The van der Waals surface area contributed by atoms with Crippen molar-refractivity contribution in [3.8, 4) is 0 Å². The van der Waals surface area contributed by atoms with Gasteiger partial charge in [0.05, 0.1) is 12.4 Å². The molecule has 184 valence electrons. The molecular formula is C24H29F2N3O4S. The van der Waals surface area contributed by atoms with Crippen LogP contribution in [-0.2, 0) is 32.6 Å². The Hall–Kier alpha value is -2.85. The second-order valence-electron chi connectivity index (χ2n) is 8.94. The summed E-state index contributed by atoms with van der Waals surface area (Å²) in [7, 11) is -0.454. The van der Waals surface area contributed by atoms with Crippen molar-refractivity contribution in [2.45, 2.75) is 44.9 Å². The van der Waals surface area contributed by atoms with Crippen molar-refractivity contribution < 1.29 is 27.3 Å². The van der Waals surface area contributed by atoms with E-state index in [0.29, 0.717) is 6.61 Å². The molecule has 34 heavy (non-hydrogen) atoms. The summed E-state index contributed by atoms with van der Waals surface area (Å²) in [6.45, 7) is 5.24. The lowest BCUT2D eigenvalue weighted by Gasteiger charge is -2.38. The van der Waals surface area contributed by atoms with Crippen LogP contribution in [0.25, 0.3) is 0 Å². The number of guanidine groups is 1. The number of aliphatic imine (C=N–C) groups is 1. The molecule has 0 aromatic heterocycles. The summed E-state index contributed by atoms with van der Waals surface area (Å²) in [5.41, 5.74) is -1.27. The molecule has 0 fully saturated rings. The maximum Gasteiger partial charge on any atom is 0.446 e. The van der Waals surface area contributed by atoms with Crippen molar-refractivity contribution in [1.29, 1.82) is 0 Å². The standard InChI is InChI=1S/C24H29F2N3O4S/c1-23(2,3)33-22(30)29(26)21-27-24(17-34(31)28(21)4,19-12-8-9-13-20(19)25)14-15-32-16-18-10-6-5-7-11-18/h5-13H,14-17H2,1-4H3. The smallest absolute Gasteiger partial charge is 0.442 e. The van der Waals surface area contributed by atoms with Crippen LogP contribution in [0, 0.1) is 5.82 Å². The minimum atomic E-state index is -1.80. The molecule has 1 aliphatic rings. The Balaban J connectivity index is 1.93. The maximum absolute atomic E-state index is 15.1. The fraction of sp³-hybridized carbons (Fsp3) is 0.417. The van der Waals surface area contributed by atoms with Gasteiger partial charge in [0.1, 0.15) is 27.9 Å². The lowest BCUT2D eigenvalue weighted by Crippen LogP contribution is -2.52. The van der Waals surface area contributed by atoms with Crippen molar-refractivity contribution in [2.75, 3.05) is 19.4 Å². The summed E-state index contributed by atoms with van der Waals surface area (Å²) in [6, 6.07) is 15.4. The van der Waals surface area contributed by atoms with Gasteiger partial charge in [0.2, 0.25) is 5.96 Å². The average molecular weight is 494 g/mol. The van der Waals surface area contributed by atoms with Crippen LogP contribution in [0.1, 0.15) is 38.3 Å². The normalized spacial score (nSPS) is 20.6. The Kier molecular flexibility index (Phi) is 8.04. The van der Waals surface area contributed by atoms with Crippen LogP contribution in [0.3, 0.4) is 0 Å². The molecule has 10 heteroatoms. The van der Waals surface area contributed by atoms with E-state index in [1.54, 1.807) is 26.8 Å². The Morgan fingerprint density at radius 2 is 1.82 bits per heavy atom. The van der Waals surface area contributed by atoms with Crippen molar-refractivity contribution >= 4 is 23.0 Å². The van der Waals surface area contributed by atoms with Gasteiger partial charge >= 0.3 is 6.09 Å². The number of benzene rings is 2. The zero-order chi connectivity index (χ0) is 24.9. The molecule has 1 amide bonds. The minimum Gasteiger partial charge on any atom is -0.442 e. The molecule has 1 aliphatic heterocycles. The van der Waals surface area contributed by atoms with Crippen molar-refractivity contribution in [3.05, 3.63) is 71.5 Å². The number of amides is 1. The Labute approximate surface area is 200 Å². The molecule has 0 aliphatic carbocycles. The van der Waals surface area contributed by atoms with Crippen LogP contribution in [0.4, 0.5) is 13.7 Å². The van der Waals surface area contributed by atoms with Gasteiger partial charge in [0.25, 0.3) is 0 Å². The number of carbonyl (C=O) groups is 1. The number of halogens is 2. The first-order chi connectivity index (χ1) is 16.0. The summed E-state index contributed by atoms with van der Waals surface area (Å²) in [6.07, 6.45) is -1.19. The molecule has 0 radical (unpaired) electrons. The highest BCUT2D eigenvalue weighted by Gasteiger charge is 2.45. The van der Waals surface area contributed by atoms with Gasteiger partial charge in [0, 0.05) is 25.6 Å². The second-order valence-corrected chi connectivity index (χ2v) is 10.4. The SMILES string of the molecule is CN1C(N(F)C(=O)OC(C)(C)C)=NC(CCOCc2ccccc2)(c2ccccc2F)CS1=O. The molecule has 0 spiro atoms. The molecule has 0 saturated carbocycles. The second kappa shape index (κ2) is 10.6. The average Bonchev–Trinajstić information content (AvgIpc) is 2.78. The summed E-state index contributed by atoms with van der Waals surface area (Å²) < 4.78 is 55.0. The molecule has 2 aromatic rings. The fourth-order valence-electron chi connectivity index (χ4n) is 3.48. The van der Waals surface area contributed by atoms with E-state index in [0.717, 1.165) is 9.87 Å². The molecule has 0 bridgehead atoms. The van der Waals surface area contributed by atoms with E-state index in [-0.39, 0.29) is 29.5 Å². The van der Waals surface area contributed by atoms with Gasteiger partial charge in [0.15, 0.2) is 0 Å². The van der Waals surface area contributed by atoms with Crippen LogP contribution in [-0.4, -0.2) is 50.7 Å². The highest BCUT2D eigenvalue weighted by molar-refractivity contribution is 7.83. The quantitative estimate of drug-likeness (QED) is 0.432. The first-order valence-corrected chi connectivity index (χ1v) is 12.1. The number of nitrogens with zero attached hydrogens (tertiary/aromatic N) is 3. The minimum absolute atomic E-state index is 0.106. The van der Waals surface area contributed by atoms with Crippen LogP contribution < -0.4 is 0 Å². The molecule has 3 rings (SSSR count). The monoisotopic (exact) mass is 493 g/mol. The first kappa shape index (κ1) is 25.8. The van der Waals surface area contributed by atoms with Gasteiger partial charge in [-0.05, 0) is 32.4 Å². The lowest BCUT2D eigenvalue weighted by molar-refractivity contribution is -0.00209. The molecule has 2 atom stereocenters. The van der Waals surface area contributed by atoms with Gasteiger partial charge in [-0.15, -0.1) is 0 Å². The number of ether oxygens (including phenoxy) is 2. The van der Waals surface area contributed by atoms with Crippen LogP contribution in [0.2, 0.25) is 0 Å². The van der Waals surface area contributed by atoms with Gasteiger partial charge in [-0.3, -0.25) is 4.31 Å². The van der Waals surface area contributed by atoms with Gasteiger partial charge in [-0.2, -0.15) is 0 Å². The van der Waals surface area contributed by atoms with E-state index in [1.807, 2.05) is 30.3 Å². The van der Waals surface area contributed by atoms with Gasteiger partial charge in [-0.1, -0.05) is 58.1 Å². The number of hydrogen-bond donors (Lipinski definition) is 0. The van der Waals surface area contributed by atoms with E-state index in [9.17, 15) is 13.4 Å².